The van der Waals surface area contributed by atoms with Crippen LogP contribution in [0.2, 0.25) is 5.02 Å². The van der Waals surface area contributed by atoms with E-state index in [0.717, 1.165) is 0 Å². The molecule has 1 aliphatic heterocycles. The van der Waals surface area contributed by atoms with Gasteiger partial charge in [-0.3, -0.25) is 9.59 Å². The van der Waals surface area contributed by atoms with Crippen molar-refractivity contribution in [3.8, 4) is 5.75 Å². The number of amides is 1. The summed E-state index contributed by atoms with van der Waals surface area (Å²) in [5.41, 5.74) is 0.698. The fourth-order valence-electron chi connectivity index (χ4n) is 2.10. The fraction of sp³-hybridized carbons (Fsp3) is 0.385. The zero-order chi connectivity index (χ0) is 14.0. The highest BCUT2D eigenvalue weighted by Crippen LogP contribution is 2.36. The number of hydrogen-bond donors (Lipinski definition) is 0. The quantitative estimate of drug-likeness (QED) is 0.861. The standard InChI is InChI=1S/C13H14ClNO3S/c1-8(16)19-10-6-13(17)15(7-10)11-4-3-9(14)5-12(11)18-2/h3-5,10H,6-7H2,1-2H3. The largest absolute Gasteiger partial charge is 0.495 e. The minimum absolute atomic E-state index is 0.000581. The molecule has 1 atom stereocenters. The fourth-order valence-corrected chi connectivity index (χ4v) is 3.18. The van der Waals surface area contributed by atoms with Gasteiger partial charge in [0.2, 0.25) is 5.91 Å². The van der Waals surface area contributed by atoms with Gasteiger partial charge in [-0.15, -0.1) is 0 Å². The zero-order valence-electron chi connectivity index (χ0n) is 10.7. The van der Waals surface area contributed by atoms with E-state index in [1.165, 1.54) is 25.8 Å². The normalized spacial score (nSPS) is 18.8. The third kappa shape index (κ3) is 3.22. The van der Waals surface area contributed by atoms with E-state index in [0.29, 0.717) is 29.4 Å². The lowest BCUT2D eigenvalue weighted by atomic mass is 10.2. The van der Waals surface area contributed by atoms with Crippen molar-refractivity contribution in [1.82, 2.24) is 0 Å². The predicted octanol–water partition coefficient (Wildman–Crippen LogP) is 2.73. The van der Waals surface area contributed by atoms with Crippen LogP contribution in [-0.4, -0.2) is 29.9 Å². The van der Waals surface area contributed by atoms with Crippen LogP contribution in [0.15, 0.2) is 18.2 Å². The molecule has 1 aliphatic rings. The number of rotatable bonds is 3. The zero-order valence-corrected chi connectivity index (χ0v) is 12.3. The summed E-state index contributed by atoms with van der Waals surface area (Å²) >= 11 is 7.12. The topological polar surface area (TPSA) is 46.6 Å². The van der Waals surface area contributed by atoms with Crippen LogP contribution in [0.3, 0.4) is 0 Å². The number of ether oxygens (including phenoxy) is 1. The predicted molar refractivity (Wildman–Crippen MR) is 77.0 cm³/mol. The summed E-state index contributed by atoms with van der Waals surface area (Å²) in [6.07, 6.45) is 0.371. The van der Waals surface area contributed by atoms with Crippen molar-refractivity contribution in [3.63, 3.8) is 0 Å². The molecule has 6 heteroatoms. The van der Waals surface area contributed by atoms with Crippen LogP contribution in [-0.2, 0) is 9.59 Å². The summed E-state index contributed by atoms with van der Waals surface area (Å²) in [5, 5.41) is 0.593. The van der Waals surface area contributed by atoms with E-state index >= 15 is 0 Å². The average molecular weight is 300 g/mol. The number of thioether (sulfide) groups is 1. The van der Waals surface area contributed by atoms with Crippen molar-refractivity contribution < 1.29 is 14.3 Å². The molecule has 1 unspecified atom stereocenters. The van der Waals surface area contributed by atoms with Crippen LogP contribution in [0, 0.1) is 0 Å². The Labute approximate surface area is 121 Å². The summed E-state index contributed by atoms with van der Waals surface area (Å²) in [7, 11) is 1.54. The van der Waals surface area contributed by atoms with Crippen LogP contribution in [0.4, 0.5) is 5.69 Å². The maximum atomic E-state index is 12.0. The maximum absolute atomic E-state index is 12.0. The molecule has 4 nitrogen and oxygen atoms in total. The van der Waals surface area contributed by atoms with Crippen LogP contribution >= 0.6 is 23.4 Å². The SMILES string of the molecule is COc1cc(Cl)ccc1N1CC(SC(C)=O)CC1=O. The Morgan fingerprint density at radius 1 is 1.53 bits per heavy atom. The number of carbonyl (C=O) groups excluding carboxylic acids is 2. The van der Waals surface area contributed by atoms with Gasteiger partial charge in [-0.25, -0.2) is 0 Å². The molecule has 1 amide bonds. The number of hydrogen-bond acceptors (Lipinski definition) is 4. The Morgan fingerprint density at radius 3 is 2.89 bits per heavy atom. The highest BCUT2D eigenvalue weighted by molar-refractivity contribution is 8.14. The number of methoxy groups -OCH3 is 1. The van der Waals surface area contributed by atoms with Crippen molar-refractivity contribution in [1.29, 1.82) is 0 Å². The van der Waals surface area contributed by atoms with E-state index in [2.05, 4.69) is 0 Å². The van der Waals surface area contributed by atoms with Crippen LogP contribution in [0.25, 0.3) is 0 Å². The van der Waals surface area contributed by atoms with Gasteiger partial charge in [0.1, 0.15) is 5.75 Å². The summed E-state index contributed by atoms with van der Waals surface area (Å²) in [6, 6.07) is 5.16. The molecule has 0 bridgehead atoms. The third-order valence-electron chi connectivity index (χ3n) is 2.85. The first-order chi connectivity index (χ1) is 9.01. The molecular formula is C13H14ClNO3S. The lowest BCUT2D eigenvalue weighted by Crippen LogP contribution is -2.25. The second-order valence-corrected chi connectivity index (χ2v) is 6.17. The number of benzene rings is 1. The first kappa shape index (κ1) is 14.2. The Bertz CT molecular complexity index is 521. The minimum atomic E-state index is -0.000581. The van der Waals surface area contributed by atoms with Gasteiger partial charge < -0.3 is 9.64 Å². The van der Waals surface area contributed by atoms with Crippen LogP contribution in [0.5, 0.6) is 5.75 Å². The van der Waals surface area contributed by atoms with Gasteiger partial charge in [0, 0.05) is 36.2 Å². The maximum Gasteiger partial charge on any atom is 0.228 e. The first-order valence-electron chi connectivity index (χ1n) is 5.82. The van der Waals surface area contributed by atoms with Crippen LogP contribution < -0.4 is 9.64 Å². The van der Waals surface area contributed by atoms with Gasteiger partial charge in [0.15, 0.2) is 5.12 Å². The molecule has 1 aromatic carbocycles. The molecular weight excluding hydrogens is 286 g/mol. The first-order valence-corrected chi connectivity index (χ1v) is 7.08. The van der Waals surface area contributed by atoms with Crippen molar-refractivity contribution in [2.45, 2.75) is 18.6 Å². The monoisotopic (exact) mass is 299 g/mol. The highest BCUT2D eigenvalue weighted by Gasteiger charge is 2.33. The minimum Gasteiger partial charge on any atom is -0.495 e. The van der Waals surface area contributed by atoms with Gasteiger partial charge in [-0.2, -0.15) is 0 Å². The molecule has 1 saturated heterocycles. The lowest BCUT2D eigenvalue weighted by Gasteiger charge is -2.19. The van der Waals surface area contributed by atoms with Crippen LogP contribution in [0.1, 0.15) is 13.3 Å². The van der Waals surface area contributed by atoms with Gasteiger partial charge in [-0.1, -0.05) is 23.4 Å². The Hall–Kier alpha value is -1.20. The summed E-state index contributed by atoms with van der Waals surface area (Å²) < 4.78 is 5.25. The number of anilines is 1. The Kier molecular flexibility index (Phi) is 4.37. The molecule has 0 saturated carbocycles. The molecule has 0 spiro atoms. The second-order valence-electron chi connectivity index (χ2n) is 4.26. The Balaban J connectivity index is 2.23. The molecule has 1 aromatic rings. The summed E-state index contributed by atoms with van der Waals surface area (Å²) in [4.78, 5) is 24.8. The molecule has 1 heterocycles. The van der Waals surface area contributed by atoms with Crippen molar-refractivity contribution in [2.75, 3.05) is 18.6 Å². The smallest absolute Gasteiger partial charge is 0.228 e. The van der Waals surface area contributed by atoms with E-state index in [1.807, 2.05) is 0 Å². The van der Waals surface area contributed by atoms with E-state index < -0.39 is 0 Å². The van der Waals surface area contributed by atoms with Gasteiger partial charge >= 0.3 is 0 Å². The highest BCUT2D eigenvalue weighted by atomic mass is 35.5. The molecule has 0 N–H and O–H groups in total. The molecule has 1 fully saturated rings. The summed E-state index contributed by atoms with van der Waals surface area (Å²) in [6.45, 7) is 2.03. The van der Waals surface area contributed by atoms with E-state index in [4.69, 9.17) is 16.3 Å². The average Bonchev–Trinajstić information content (AvgIpc) is 2.69. The second kappa shape index (κ2) is 5.84. The summed E-state index contributed by atoms with van der Waals surface area (Å²) in [5.74, 6) is 0.564. The van der Waals surface area contributed by atoms with E-state index in [-0.39, 0.29) is 16.3 Å². The van der Waals surface area contributed by atoms with E-state index in [1.54, 1.807) is 23.1 Å². The lowest BCUT2D eigenvalue weighted by molar-refractivity contribution is -0.117. The molecule has 102 valence electrons. The molecule has 0 aliphatic carbocycles. The van der Waals surface area contributed by atoms with Crippen molar-refractivity contribution >= 4 is 40.1 Å². The Morgan fingerprint density at radius 2 is 2.26 bits per heavy atom. The van der Waals surface area contributed by atoms with Gasteiger partial charge in [0.25, 0.3) is 0 Å². The number of carbonyl (C=O) groups is 2. The number of nitrogens with zero attached hydrogens (tertiary/aromatic N) is 1. The van der Waals surface area contributed by atoms with Crippen molar-refractivity contribution in [2.24, 2.45) is 0 Å². The van der Waals surface area contributed by atoms with Crippen molar-refractivity contribution in [3.05, 3.63) is 23.2 Å². The number of halogens is 1. The molecule has 0 radical (unpaired) electrons. The third-order valence-corrected chi connectivity index (χ3v) is 4.07. The van der Waals surface area contributed by atoms with Gasteiger partial charge in [-0.05, 0) is 12.1 Å². The molecule has 0 aromatic heterocycles. The van der Waals surface area contributed by atoms with Gasteiger partial charge in [0.05, 0.1) is 12.8 Å². The molecule has 19 heavy (non-hydrogen) atoms. The molecule has 2 rings (SSSR count). The van der Waals surface area contributed by atoms with E-state index in [9.17, 15) is 9.59 Å².